The Morgan fingerprint density at radius 1 is 0.296 bits per heavy atom. The second kappa shape index (κ2) is 13.7. The molecule has 0 fully saturated rings. The first-order valence-corrected chi connectivity index (χ1v) is 19.2. The lowest BCUT2D eigenvalue weighted by atomic mass is 9.99. The van der Waals surface area contributed by atoms with Gasteiger partial charge in [-0.05, 0) is 104 Å². The Balaban J connectivity index is 1.07. The van der Waals surface area contributed by atoms with Crippen molar-refractivity contribution in [3.05, 3.63) is 212 Å². The first-order valence-electron chi connectivity index (χ1n) is 18.4. The highest BCUT2D eigenvalue weighted by molar-refractivity contribution is 7.26. The number of thiophene rings is 1. The van der Waals surface area contributed by atoms with E-state index in [1.807, 2.05) is 11.3 Å². The largest absolute Gasteiger partial charge is 0.310 e. The predicted octanol–water partition coefficient (Wildman–Crippen LogP) is 15.3. The summed E-state index contributed by atoms with van der Waals surface area (Å²) < 4.78 is 2.64. The molecule has 0 bridgehead atoms. The van der Waals surface area contributed by atoms with E-state index >= 15 is 0 Å². The molecule has 1 heterocycles. The minimum atomic E-state index is 1.10. The molecule has 10 rings (SSSR count). The average molecular weight is 706 g/mol. The summed E-state index contributed by atoms with van der Waals surface area (Å²) in [5, 5.41) is 5.12. The third-order valence-corrected chi connectivity index (χ3v) is 11.7. The molecule has 0 aliphatic carbocycles. The van der Waals surface area contributed by atoms with Crippen LogP contribution in [0.15, 0.2) is 212 Å². The van der Waals surface area contributed by atoms with Crippen LogP contribution in [0.5, 0.6) is 0 Å². The molecule has 0 saturated carbocycles. The molecule has 0 aliphatic heterocycles. The van der Waals surface area contributed by atoms with Crippen LogP contribution in [0.2, 0.25) is 0 Å². The van der Waals surface area contributed by atoms with Crippen molar-refractivity contribution in [2.45, 2.75) is 0 Å². The Kier molecular flexibility index (Phi) is 8.09. The summed E-state index contributed by atoms with van der Waals surface area (Å²) in [6.07, 6.45) is 0. The second-order valence-electron chi connectivity index (χ2n) is 13.8. The average Bonchev–Trinajstić information content (AvgIpc) is 3.64. The molecule has 2 heteroatoms. The third kappa shape index (κ3) is 5.93. The molecule has 0 spiro atoms. The summed E-state index contributed by atoms with van der Waals surface area (Å²) in [4.78, 5) is 2.39. The van der Waals surface area contributed by atoms with Gasteiger partial charge in [0.15, 0.2) is 0 Å². The number of benzene rings is 9. The lowest BCUT2D eigenvalue weighted by Crippen LogP contribution is -2.10. The van der Waals surface area contributed by atoms with Crippen molar-refractivity contribution in [3.63, 3.8) is 0 Å². The summed E-state index contributed by atoms with van der Waals surface area (Å²) in [7, 11) is 0. The van der Waals surface area contributed by atoms with E-state index in [0.29, 0.717) is 0 Å². The van der Waals surface area contributed by atoms with Crippen molar-refractivity contribution in [1.82, 2.24) is 0 Å². The van der Waals surface area contributed by atoms with E-state index in [1.165, 1.54) is 75.5 Å². The smallest absolute Gasteiger partial charge is 0.0467 e. The summed E-state index contributed by atoms with van der Waals surface area (Å²) in [6, 6.07) is 77.1. The van der Waals surface area contributed by atoms with Crippen molar-refractivity contribution in [2.75, 3.05) is 4.90 Å². The summed E-state index contributed by atoms with van der Waals surface area (Å²) >= 11 is 1.88. The van der Waals surface area contributed by atoms with Crippen LogP contribution >= 0.6 is 11.3 Å². The van der Waals surface area contributed by atoms with Gasteiger partial charge in [0.05, 0.1) is 0 Å². The van der Waals surface area contributed by atoms with Crippen LogP contribution in [0.25, 0.3) is 75.5 Å². The Labute approximate surface area is 319 Å². The first kappa shape index (κ1) is 32.0. The zero-order valence-electron chi connectivity index (χ0n) is 29.6. The number of anilines is 3. The lowest BCUT2D eigenvalue weighted by Gasteiger charge is -2.27. The summed E-state index contributed by atoms with van der Waals surface area (Å²) in [5.74, 6) is 0. The first-order chi connectivity index (χ1) is 26.7. The molecule has 54 heavy (non-hydrogen) atoms. The van der Waals surface area contributed by atoms with Crippen molar-refractivity contribution in [3.8, 4) is 44.5 Å². The molecule has 1 nitrogen and oxygen atoms in total. The van der Waals surface area contributed by atoms with E-state index < -0.39 is 0 Å². The Morgan fingerprint density at radius 3 is 1.57 bits per heavy atom. The highest BCUT2D eigenvalue weighted by Gasteiger charge is 2.17. The van der Waals surface area contributed by atoms with Gasteiger partial charge in [-0.1, -0.05) is 164 Å². The van der Waals surface area contributed by atoms with Gasteiger partial charge in [-0.2, -0.15) is 0 Å². The fourth-order valence-electron chi connectivity index (χ4n) is 7.72. The van der Waals surface area contributed by atoms with Crippen LogP contribution in [0.4, 0.5) is 17.1 Å². The molecule has 0 unspecified atom stereocenters. The van der Waals surface area contributed by atoms with Gasteiger partial charge in [-0.15, -0.1) is 11.3 Å². The maximum Gasteiger partial charge on any atom is 0.0467 e. The molecular formula is C52H35NS. The predicted molar refractivity (Wildman–Crippen MR) is 233 cm³/mol. The normalized spacial score (nSPS) is 11.3. The maximum atomic E-state index is 2.39. The van der Waals surface area contributed by atoms with Gasteiger partial charge in [0.1, 0.15) is 0 Å². The van der Waals surface area contributed by atoms with Gasteiger partial charge < -0.3 is 4.90 Å². The van der Waals surface area contributed by atoms with Crippen LogP contribution < -0.4 is 4.90 Å². The van der Waals surface area contributed by atoms with E-state index in [0.717, 1.165) is 17.1 Å². The molecular weight excluding hydrogens is 671 g/mol. The number of fused-ring (bicyclic) bond motifs is 4. The zero-order valence-corrected chi connectivity index (χ0v) is 30.4. The molecule has 9 aromatic carbocycles. The molecule has 0 amide bonds. The summed E-state index contributed by atoms with van der Waals surface area (Å²) in [6.45, 7) is 0. The van der Waals surface area contributed by atoms with Gasteiger partial charge >= 0.3 is 0 Å². The zero-order chi connectivity index (χ0) is 35.8. The number of hydrogen-bond acceptors (Lipinski definition) is 2. The fourth-order valence-corrected chi connectivity index (χ4v) is 8.95. The van der Waals surface area contributed by atoms with Crippen LogP contribution in [0.1, 0.15) is 0 Å². The second-order valence-corrected chi connectivity index (χ2v) is 14.8. The fraction of sp³-hybridized carbons (Fsp3) is 0. The van der Waals surface area contributed by atoms with Gasteiger partial charge in [0, 0.05) is 37.2 Å². The standard InChI is InChI=1S/C52H35NS/c1-2-11-36(12-3-1)38-23-25-39(26-24-38)40-29-31-45(32-30-40)53(46-17-8-15-42(34-46)43-28-27-37-13-4-5-14-41(37)33-43)47-18-9-16-44(35-47)48-20-10-21-50-49-19-6-7-22-51(49)54-52(48)50/h1-35H. The third-order valence-electron chi connectivity index (χ3n) is 10.5. The molecule has 0 atom stereocenters. The van der Waals surface area contributed by atoms with E-state index in [2.05, 4.69) is 217 Å². The van der Waals surface area contributed by atoms with E-state index in [1.54, 1.807) is 0 Å². The SMILES string of the molecule is c1ccc(-c2ccc(-c3ccc(N(c4cccc(-c5ccc6ccccc6c5)c4)c4cccc(-c5cccc6c5sc5ccccc56)c4)cc3)cc2)cc1. The van der Waals surface area contributed by atoms with Gasteiger partial charge in [-0.25, -0.2) is 0 Å². The minimum Gasteiger partial charge on any atom is -0.310 e. The van der Waals surface area contributed by atoms with Gasteiger partial charge in [0.2, 0.25) is 0 Å². The minimum absolute atomic E-state index is 1.10. The maximum absolute atomic E-state index is 2.39. The quantitative estimate of drug-likeness (QED) is 0.160. The summed E-state index contributed by atoms with van der Waals surface area (Å²) in [5.41, 5.74) is 13.0. The van der Waals surface area contributed by atoms with Crippen molar-refractivity contribution in [2.24, 2.45) is 0 Å². The Hall–Kier alpha value is -6.74. The van der Waals surface area contributed by atoms with Crippen molar-refractivity contribution in [1.29, 1.82) is 0 Å². The van der Waals surface area contributed by atoms with Crippen LogP contribution in [0.3, 0.4) is 0 Å². The Bertz CT molecular complexity index is 2920. The molecule has 0 saturated heterocycles. The number of rotatable bonds is 7. The molecule has 254 valence electrons. The number of nitrogens with zero attached hydrogens (tertiary/aromatic N) is 1. The van der Waals surface area contributed by atoms with Crippen LogP contribution in [0, 0.1) is 0 Å². The monoisotopic (exact) mass is 705 g/mol. The van der Waals surface area contributed by atoms with Gasteiger partial charge in [0.25, 0.3) is 0 Å². The van der Waals surface area contributed by atoms with E-state index in [4.69, 9.17) is 0 Å². The molecule has 1 aromatic heterocycles. The Morgan fingerprint density at radius 2 is 0.815 bits per heavy atom. The highest BCUT2D eigenvalue weighted by Crippen LogP contribution is 2.43. The van der Waals surface area contributed by atoms with Crippen molar-refractivity contribution >= 4 is 59.3 Å². The molecule has 0 radical (unpaired) electrons. The lowest BCUT2D eigenvalue weighted by molar-refractivity contribution is 1.28. The van der Waals surface area contributed by atoms with Crippen LogP contribution in [-0.4, -0.2) is 0 Å². The molecule has 0 N–H and O–H groups in total. The molecule has 10 aromatic rings. The van der Waals surface area contributed by atoms with E-state index in [9.17, 15) is 0 Å². The van der Waals surface area contributed by atoms with Crippen molar-refractivity contribution < 1.29 is 0 Å². The van der Waals surface area contributed by atoms with Crippen LogP contribution in [-0.2, 0) is 0 Å². The highest BCUT2D eigenvalue weighted by atomic mass is 32.1. The molecule has 0 aliphatic rings. The number of hydrogen-bond donors (Lipinski definition) is 0. The van der Waals surface area contributed by atoms with E-state index in [-0.39, 0.29) is 0 Å². The topological polar surface area (TPSA) is 3.24 Å². The van der Waals surface area contributed by atoms with Gasteiger partial charge in [-0.3, -0.25) is 0 Å².